The van der Waals surface area contributed by atoms with E-state index >= 15 is 0 Å². The van der Waals surface area contributed by atoms with Crippen LogP contribution in [-0.4, -0.2) is 15.0 Å². The average Bonchev–Trinajstić information content (AvgIpc) is 2.90. The SMILES string of the molecule is CC(C)c1c(N)nnn1-c1ccc(-c2ccccc2)cc1. The number of anilines is 1. The van der Waals surface area contributed by atoms with Gasteiger partial charge in [-0.15, -0.1) is 5.10 Å². The third-order valence-corrected chi connectivity index (χ3v) is 3.50. The van der Waals surface area contributed by atoms with Crippen LogP contribution >= 0.6 is 0 Å². The number of nitrogens with two attached hydrogens (primary N) is 1. The topological polar surface area (TPSA) is 56.7 Å². The maximum atomic E-state index is 5.91. The molecule has 4 heteroatoms. The minimum absolute atomic E-state index is 0.272. The largest absolute Gasteiger partial charge is 0.381 e. The van der Waals surface area contributed by atoms with Crippen LogP contribution in [0.15, 0.2) is 54.6 Å². The Morgan fingerprint density at radius 3 is 2.14 bits per heavy atom. The smallest absolute Gasteiger partial charge is 0.169 e. The van der Waals surface area contributed by atoms with Crippen molar-refractivity contribution in [3.05, 3.63) is 60.3 Å². The Hall–Kier alpha value is -2.62. The Morgan fingerprint density at radius 2 is 1.52 bits per heavy atom. The molecule has 0 saturated carbocycles. The molecule has 2 aromatic carbocycles. The highest BCUT2D eigenvalue weighted by Crippen LogP contribution is 2.25. The molecule has 0 aliphatic rings. The molecule has 0 aliphatic heterocycles. The third-order valence-electron chi connectivity index (χ3n) is 3.50. The summed E-state index contributed by atoms with van der Waals surface area (Å²) < 4.78 is 1.81. The zero-order valence-electron chi connectivity index (χ0n) is 12.2. The zero-order chi connectivity index (χ0) is 14.8. The lowest BCUT2D eigenvalue weighted by Crippen LogP contribution is -2.05. The molecule has 21 heavy (non-hydrogen) atoms. The number of rotatable bonds is 3. The van der Waals surface area contributed by atoms with Crippen molar-refractivity contribution in [3.8, 4) is 16.8 Å². The van der Waals surface area contributed by atoms with Crippen LogP contribution in [0.2, 0.25) is 0 Å². The van der Waals surface area contributed by atoms with E-state index in [4.69, 9.17) is 5.73 Å². The van der Waals surface area contributed by atoms with E-state index in [0.717, 1.165) is 11.4 Å². The van der Waals surface area contributed by atoms with Crippen LogP contribution < -0.4 is 5.73 Å². The van der Waals surface area contributed by atoms with Crippen LogP contribution in [0.25, 0.3) is 16.8 Å². The second-order valence-corrected chi connectivity index (χ2v) is 5.34. The molecule has 0 saturated heterocycles. The van der Waals surface area contributed by atoms with Crippen LogP contribution in [0, 0.1) is 0 Å². The maximum Gasteiger partial charge on any atom is 0.169 e. The summed E-state index contributed by atoms with van der Waals surface area (Å²) >= 11 is 0. The summed E-state index contributed by atoms with van der Waals surface area (Å²) in [6, 6.07) is 18.6. The molecule has 0 fully saturated rings. The quantitative estimate of drug-likeness (QED) is 0.795. The fourth-order valence-corrected chi connectivity index (χ4v) is 2.46. The first-order valence-electron chi connectivity index (χ1n) is 7.03. The Kier molecular flexibility index (Phi) is 3.44. The van der Waals surface area contributed by atoms with Crippen molar-refractivity contribution in [2.45, 2.75) is 19.8 Å². The molecule has 2 N–H and O–H groups in total. The van der Waals surface area contributed by atoms with Crippen molar-refractivity contribution < 1.29 is 0 Å². The van der Waals surface area contributed by atoms with Gasteiger partial charge in [-0.3, -0.25) is 0 Å². The number of benzene rings is 2. The normalized spacial score (nSPS) is 11.0. The number of hydrogen-bond acceptors (Lipinski definition) is 3. The predicted octanol–water partition coefficient (Wildman–Crippen LogP) is 3.64. The summed E-state index contributed by atoms with van der Waals surface area (Å²) in [5, 5.41) is 8.14. The second kappa shape index (κ2) is 5.40. The molecule has 1 heterocycles. The lowest BCUT2D eigenvalue weighted by Gasteiger charge is -2.10. The second-order valence-electron chi connectivity index (χ2n) is 5.34. The highest BCUT2D eigenvalue weighted by atomic mass is 15.4. The van der Waals surface area contributed by atoms with Gasteiger partial charge in [-0.25, -0.2) is 4.68 Å². The highest BCUT2D eigenvalue weighted by Gasteiger charge is 2.15. The zero-order valence-corrected chi connectivity index (χ0v) is 12.2. The summed E-state index contributed by atoms with van der Waals surface area (Å²) in [4.78, 5) is 0. The number of hydrogen-bond donors (Lipinski definition) is 1. The number of nitrogen functional groups attached to an aromatic ring is 1. The fourth-order valence-electron chi connectivity index (χ4n) is 2.46. The van der Waals surface area contributed by atoms with Crippen LogP contribution in [0.1, 0.15) is 25.5 Å². The van der Waals surface area contributed by atoms with Gasteiger partial charge in [0.05, 0.1) is 11.4 Å². The van der Waals surface area contributed by atoms with E-state index in [9.17, 15) is 0 Å². The predicted molar refractivity (Wildman–Crippen MR) is 85.3 cm³/mol. The van der Waals surface area contributed by atoms with Crippen molar-refractivity contribution >= 4 is 5.82 Å². The molecule has 3 aromatic rings. The molecule has 1 aromatic heterocycles. The standard InChI is InChI=1S/C17H18N4/c1-12(2)16-17(18)19-20-21(16)15-10-8-14(9-11-15)13-6-4-3-5-7-13/h3-12H,18H2,1-2H3. The van der Waals surface area contributed by atoms with Crippen LogP contribution in [0.4, 0.5) is 5.82 Å². The van der Waals surface area contributed by atoms with Gasteiger partial charge in [0.25, 0.3) is 0 Å². The molecule has 0 unspecified atom stereocenters. The van der Waals surface area contributed by atoms with Crippen molar-refractivity contribution in [2.75, 3.05) is 5.73 Å². The Balaban J connectivity index is 1.99. The van der Waals surface area contributed by atoms with Gasteiger partial charge in [0.2, 0.25) is 0 Å². The molecule has 0 bridgehead atoms. The van der Waals surface area contributed by atoms with Gasteiger partial charge in [0, 0.05) is 0 Å². The van der Waals surface area contributed by atoms with Crippen molar-refractivity contribution in [2.24, 2.45) is 0 Å². The Labute approximate surface area is 124 Å². The van der Waals surface area contributed by atoms with E-state index in [0.29, 0.717) is 5.82 Å². The van der Waals surface area contributed by atoms with Gasteiger partial charge >= 0.3 is 0 Å². The van der Waals surface area contributed by atoms with E-state index in [1.807, 2.05) is 35.0 Å². The fraction of sp³-hybridized carbons (Fsp3) is 0.176. The summed E-state index contributed by atoms with van der Waals surface area (Å²) in [5.41, 5.74) is 10.2. The lowest BCUT2D eigenvalue weighted by atomic mass is 10.1. The van der Waals surface area contributed by atoms with Crippen molar-refractivity contribution in [3.63, 3.8) is 0 Å². The molecular weight excluding hydrogens is 260 g/mol. The van der Waals surface area contributed by atoms with Crippen molar-refractivity contribution in [1.82, 2.24) is 15.0 Å². The summed E-state index contributed by atoms with van der Waals surface area (Å²) in [6.07, 6.45) is 0. The summed E-state index contributed by atoms with van der Waals surface area (Å²) in [6.45, 7) is 4.17. The lowest BCUT2D eigenvalue weighted by molar-refractivity contribution is 0.716. The molecule has 0 amide bonds. The Morgan fingerprint density at radius 1 is 0.905 bits per heavy atom. The van der Waals surface area contributed by atoms with Crippen LogP contribution in [-0.2, 0) is 0 Å². The monoisotopic (exact) mass is 278 g/mol. The van der Waals surface area contributed by atoms with E-state index in [-0.39, 0.29) is 5.92 Å². The first kappa shape index (κ1) is 13.4. The summed E-state index contributed by atoms with van der Waals surface area (Å²) in [7, 11) is 0. The van der Waals surface area contributed by atoms with Gasteiger partial charge in [-0.2, -0.15) is 0 Å². The van der Waals surface area contributed by atoms with E-state index in [1.54, 1.807) is 0 Å². The van der Waals surface area contributed by atoms with Crippen LogP contribution in [0.5, 0.6) is 0 Å². The molecule has 3 rings (SSSR count). The van der Waals surface area contributed by atoms with E-state index in [2.05, 4.69) is 48.4 Å². The molecule has 0 radical (unpaired) electrons. The first-order valence-corrected chi connectivity index (χ1v) is 7.03. The molecule has 0 aliphatic carbocycles. The van der Waals surface area contributed by atoms with Crippen molar-refractivity contribution in [1.29, 1.82) is 0 Å². The molecule has 0 spiro atoms. The molecule has 0 atom stereocenters. The minimum Gasteiger partial charge on any atom is -0.381 e. The maximum absolute atomic E-state index is 5.91. The Bertz CT molecular complexity index is 727. The minimum atomic E-state index is 0.272. The van der Waals surface area contributed by atoms with E-state index in [1.165, 1.54) is 11.1 Å². The number of aromatic nitrogens is 3. The van der Waals surface area contributed by atoms with Gasteiger partial charge in [-0.1, -0.05) is 61.5 Å². The molecular formula is C17H18N4. The van der Waals surface area contributed by atoms with Gasteiger partial charge in [-0.05, 0) is 29.2 Å². The molecule has 4 nitrogen and oxygen atoms in total. The van der Waals surface area contributed by atoms with Gasteiger partial charge in [0.1, 0.15) is 0 Å². The molecule has 106 valence electrons. The third kappa shape index (κ3) is 2.52. The van der Waals surface area contributed by atoms with Gasteiger partial charge < -0.3 is 5.73 Å². The highest BCUT2D eigenvalue weighted by molar-refractivity contribution is 5.64. The number of nitrogens with zero attached hydrogens (tertiary/aromatic N) is 3. The average molecular weight is 278 g/mol. The van der Waals surface area contributed by atoms with Gasteiger partial charge in [0.15, 0.2) is 5.82 Å². The first-order chi connectivity index (χ1) is 10.2. The van der Waals surface area contributed by atoms with E-state index < -0.39 is 0 Å². The van der Waals surface area contributed by atoms with Crippen LogP contribution in [0.3, 0.4) is 0 Å². The summed E-state index contributed by atoms with van der Waals surface area (Å²) in [5.74, 6) is 0.769.